The Bertz CT molecular complexity index is 584. The standard InChI is InChI=1S/C16H23ClN4O/c1-16(2)10-21(11-7-5-4-6-8-11)13-12(20(3)14(16)22)9-18-15(17)19-13/h9,11H,4-8,10H2,1-3H3. The lowest BCUT2D eigenvalue weighted by Crippen LogP contribution is -2.46. The number of nitrogens with zero attached hydrogens (tertiary/aromatic N) is 4. The smallest absolute Gasteiger partial charge is 0.234 e. The molecule has 22 heavy (non-hydrogen) atoms. The van der Waals surface area contributed by atoms with E-state index in [1.54, 1.807) is 18.1 Å². The van der Waals surface area contributed by atoms with Gasteiger partial charge in [-0.3, -0.25) is 4.79 Å². The number of hydrogen-bond acceptors (Lipinski definition) is 4. The molecule has 1 aromatic rings. The molecule has 120 valence electrons. The van der Waals surface area contributed by atoms with Crippen molar-refractivity contribution in [1.82, 2.24) is 9.97 Å². The van der Waals surface area contributed by atoms with Gasteiger partial charge in [0, 0.05) is 19.6 Å². The van der Waals surface area contributed by atoms with Crippen LogP contribution in [-0.4, -0.2) is 35.5 Å². The third kappa shape index (κ3) is 2.67. The second-order valence-electron chi connectivity index (χ2n) is 7.02. The van der Waals surface area contributed by atoms with Gasteiger partial charge in [-0.25, -0.2) is 4.98 Å². The van der Waals surface area contributed by atoms with E-state index in [1.807, 2.05) is 13.8 Å². The monoisotopic (exact) mass is 322 g/mol. The van der Waals surface area contributed by atoms with E-state index in [9.17, 15) is 4.79 Å². The zero-order valence-electron chi connectivity index (χ0n) is 13.5. The van der Waals surface area contributed by atoms with Gasteiger partial charge in [0.25, 0.3) is 0 Å². The van der Waals surface area contributed by atoms with Crippen molar-refractivity contribution in [2.45, 2.75) is 52.0 Å². The average molecular weight is 323 g/mol. The topological polar surface area (TPSA) is 49.3 Å². The second kappa shape index (κ2) is 5.69. The van der Waals surface area contributed by atoms with Crippen LogP contribution in [0.1, 0.15) is 46.0 Å². The summed E-state index contributed by atoms with van der Waals surface area (Å²) in [6.45, 7) is 4.67. The summed E-state index contributed by atoms with van der Waals surface area (Å²) in [4.78, 5) is 25.3. The lowest BCUT2D eigenvalue weighted by molar-refractivity contribution is -0.125. The molecule has 1 fully saturated rings. The molecule has 6 heteroatoms. The van der Waals surface area contributed by atoms with E-state index in [4.69, 9.17) is 11.6 Å². The Morgan fingerprint density at radius 2 is 1.95 bits per heavy atom. The van der Waals surface area contributed by atoms with Crippen LogP contribution in [0.3, 0.4) is 0 Å². The lowest BCUT2D eigenvalue weighted by Gasteiger charge is -2.37. The third-order valence-corrected chi connectivity index (χ3v) is 5.00. The van der Waals surface area contributed by atoms with E-state index in [2.05, 4.69) is 14.9 Å². The Hall–Kier alpha value is -1.36. The lowest BCUT2D eigenvalue weighted by atomic mass is 9.88. The van der Waals surface area contributed by atoms with Gasteiger partial charge in [-0.1, -0.05) is 19.3 Å². The number of aromatic nitrogens is 2. The van der Waals surface area contributed by atoms with Crippen molar-refractivity contribution in [1.29, 1.82) is 0 Å². The second-order valence-corrected chi connectivity index (χ2v) is 7.35. The van der Waals surface area contributed by atoms with Gasteiger partial charge in [-0.15, -0.1) is 0 Å². The minimum absolute atomic E-state index is 0.0954. The molecule has 1 aromatic heterocycles. The maximum atomic E-state index is 12.8. The summed E-state index contributed by atoms with van der Waals surface area (Å²) >= 11 is 6.04. The van der Waals surface area contributed by atoms with Crippen molar-refractivity contribution in [3.8, 4) is 0 Å². The van der Waals surface area contributed by atoms with E-state index < -0.39 is 5.41 Å². The normalized spacial score (nSPS) is 22.5. The zero-order chi connectivity index (χ0) is 15.9. The number of rotatable bonds is 1. The van der Waals surface area contributed by atoms with Crippen LogP contribution in [0.5, 0.6) is 0 Å². The van der Waals surface area contributed by atoms with Crippen LogP contribution < -0.4 is 9.80 Å². The SMILES string of the molecule is CN1C(=O)C(C)(C)CN(C2CCCCC2)c2nc(Cl)ncc21. The predicted molar refractivity (Wildman–Crippen MR) is 88.5 cm³/mol. The summed E-state index contributed by atoms with van der Waals surface area (Å²) < 4.78 is 0. The van der Waals surface area contributed by atoms with Gasteiger partial charge in [0.15, 0.2) is 5.82 Å². The minimum atomic E-state index is -0.459. The van der Waals surface area contributed by atoms with Crippen molar-refractivity contribution >= 4 is 29.0 Å². The van der Waals surface area contributed by atoms with Gasteiger partial charge in [0.1, 0.15) is 5.69 Å². The van der Waals surface area contributed by atoms with Gasteiger partial charge in [-0.05, 0) is 38.3 Å². The molecule has 0 spiro atoms. The number of carbonyl (C=O) groups excluding carboxylic acids is 1. The summed E-state index contributed by atoms with van der Waals surface area (Å²) in [6.07, 6.45) is 7.73. The van der Waals surface area contributed by atoms with Crippen molar-refractivity contribution in [3.05, 3.63) is 11.5 Å². The molecule has 0 atom stereocenters. The summed E-state index contributed by atoms with van der Waals surface area (Å²) in [5, 5.41) is 0.236. The Labute approximate surface area is 136 Å². The molecule has 0 saturated heterocycles. The fourth-order valence-corrected chi connectivity index (χ4v) is 3.75. The van der Waals surface area contributed by atoms with E-state index in [0.29, 0.717) is 12.6 Å². The molecule has 0 radical (unpaired) electrons. The molecular weight excluding hydrogens is 300 g/mol. The predicted octanol–water partition coefficient (Wildman–Crippen LogP) is 3.27. The molecule has 1 aliphatic carbocycles. The first-order chi connectivity index (χ1) is 10.4. The van der Waals surface area contributed by atoms with Gasteiger partial charge in [0.05, 0.1) is 11.6 Å². The van der Waals surface area contributed by atoms with E-state index in [-0.39, 0.29) is 11.2 Å². The molecule has 1 amide bonds. The summed E-state index contributed by atoms with van der Waals surface area (Å²) in [5.41, 5.74) is 0.296. The van der Waals surface area contributed by atoms with Crippen LogP contribution in [0.15, 0.2) is 6.20 Å². The summed E-state index contributed by atoms with van der Waals surface area (Å²) in [5.74, 6) is 0.895. The Balaban J connectivity index is 2.09. The quantitative estimate of drug-likeness (QED) is 0.745. The molecule has 0 bridgehead atoms. The van der Waals surface area contributed by atoms with Crippen molar-refractivity contribution in [2.75, 3.05) is 23.4 Å². The maximum Gasteiger partial charge on any atom is 0.234 e. The van der Waals surface area contributed by atoms with Crippen LogP contribution in [0, 0.1) is 5.41 Å². The summed E-state index contributed by atoms with van der Waals surface area (Å²) in [7, 11) is 1.80. The minimum Gasteiger partial charge on any atom is -0.351 e. The molecule has 2 heterocycles. The molecule has 5 nitrogen and oxygen atoms in total. The molecular formula is C16H23ClN4O. The number of amides is 1. The van der Waals surface area contributed by atoms with Gasteiger partial charge in [-0.2, -0.15) is 4.98 Å². The molecule has 0 aromatic carbocycles. The molecule has 0 N–H and O–H groups in total. The number of halogens is 1. The van der Waals surface area contributed by atoms with Gasteiger partial charge >= 0.3 is 0 Å². The van der Waals surface area contributed by atoms with Crippen molar-refractivity contribution < 1.29 is 4.79 Å². The van der Waals surface area contributed by atoms with Gasteiger partial charge in [0.2, 0.25) is 11.2 Å². The Kier molecular flexibility index (Phi) is 4.02. The Morgan fingerprint density at radius 3 is 2.64 bits per heavy atom. The largest absolute Gasteiger partial charge is 0.351 e. The fraction of sp³-hybridized carbons (Fsp3) is 0.688. The van der Waals surface area contributed by atoms with E-state index in [1.165, 1.54) is 19.3 Å². The maximum absolute atomic E-state index is 12.8. The number of anilines is 2. The molecule has 1 aliphatic heterocycles. The van der Waals surface area contributed by atoms with Crippen LogP contribution in [0.2, 0.25) is 5.28 Å². The van der Waals surface area contributed by atoms with Crippen molar-refractivity contribution in [2.24, 2.45) is 5.41 Å². The number of fused-ring (bicyclic) bond motifs is 1. The molecule has 2 aliphatic rings. The first-order valence-corrected chi connectivity index (χ1v) is 8.35. The molecule has 0 unspecified atom stereocenters. The molecule has 1 saturated carbocycles. The highest BCUT2D eigenvalue weighted by molar-refractivity contribution is 6.28. The van der Waals surface area contributed by atoms with Crippen LogP contribution in [0.4, 0.5) is 11.5 Å². The summed E-state index contributed by atoms with van der Waals surface area (Å²) in [6, 6.07) is 0.428. The van der Waals surface area contributed by atoms with Crippen LogP contribution in [0.25, 0.3) is 0 Å². The fourth-order valence-electron chi connectivity index (χ4n) is 3.62. The van der Waals surface area contributed by atoms with Crippen LogP contribution >= 0.6 is 11.6 Å². The number of carbonyl (C=O) groups is 1. The number of hydrogen-bond donors (Lipinski definition) is 0. The van der Waals surface area contributed by atoms with Crippen molar-refractivity contribution in [3.63, 3.8) is 0 Å². The van der Waals surface area contributed by atoms with Crippen LogP contribution in [-0.2, 0) is 4.79 Å². The average Bonchev–Trinajstić information content (AvgIpc) is 2.58. The Morgan fingerprint density at radius 1 is 1.27 bits per heavy atom. The third-order valence-electron chi connectivity index (χ3n) is 4.82. The highest BCUT2D eigenvalue weighted by Gasteiger charge is 2.41. The van der Waals surface area contributed by atoms with E-state index in [0.717, 1.165) is 24.3 Å². The first kappa shape index (κ1) is 15.5. The molecule has 3 rings (SSSR count). The highest BCUT2D eigenvalue weighted by Crippen LogP contribution is 2.39. The van der Waals surface area contributed by atoms with E-state index >= 15 is 0 Å². The van der Waals surface area contributed by atoms with Gasteiger partial charge < -0.3 is 9.80 Å². The highest BCUT2D eigenvalue weighted by atomic mass is 35.5. The first-order valence-electron chi connectivity index (χ1n) is 7.97. The zero-order valence-corrected chi connectivity index (χ0v) is 14.2.